The predicted octanol–water partition coefficient (Wildman–Crippen LogP) is 0.468. The first-order chi connectivity index (χ1) is 10.1. The Kier molecular flexibility index (Phi) is 2.75. The maximum atomic E-state index is 12.9. The molecule has 2 atom stereocenters. The molecule has 2 aromatic heterocycles. The van der Waals surface area contributed by atoms with Crippen LogP contribution in [0.1, 0.15) is 12.8 Å². The lowest BCUT2D eigenvalue weighted by molar-refractivity contribution is -0.0115. The van der Waals surface area contributed by atoms with E-state index in [9.17, 15) is 8.42 Å². The lowest BCUT2D eigenvalue weighted by Gasteiger charge is -2.31. The van der Waals surface area contributed by atoms with Gasteiger partial charge in [0.2, 0.25) is 0 Å². The van der Waals surface area contributed by atoms with Gasteiger partial charge in [0.15, 0.2) is 10.8 Å². The second-order valence-electron chi connectivity index (χ2n) is 5.51. The number of fused-ring (bicyclic) bond motifs is 3. The zero-order valence-corrected chi connectivity index (χ0v) is 12.2. The minimum absolute atomic E-state index is 0.000986. The maximum Gasteiger partial charge on any atom is 0.263 e. The smallest absolute Gasteiger partial charge is 0.263 e. The number of nitrogens with zero attached hydrogens (tertiary/aromatic N) is 3. The molecule has 112 valence electrons. The summed E-state index contributed by atoms with van der Waals surface area (Å²) in [6.07, 6.45) is 3.50. The molecule has 2 fully saturated rings. The molecule has 0 radical (unpaired) electrons. The molecular weight excluding hydrogens is 292 g/mol. The van der Waals surface area contributed by atoms with Gasteiger partial charge in [-0.3, -0.25) is 4.40 Å². The molecule has 7 nitrogen and oxygen atoms in total. The molecule has 0 amide bonds. The molecule has 0 aromatic carbocycles. The number of rotatable bonds is 2. The Morgan fingerprint density at radius 3 is 2.67 bits per heavy atom. The number of aromatic nitrogens is 2. The average molecular weight is 308 g/mol. The molecule has 0 saturated carbocycles. The van der Waals surface area contributed by atoms with Crippen LogP contribution in [0.15, 0.2) is 29.4 Å². The zero-order valence-electron chi connectivity index (χ0n) is 11.3. The minimum Gasteiger partial charge on any atom is -0.381 e. The van der Waals surface area contributed by atoms with Gasteiger partial charge < -0.3 is 10.5 Å². The zero-order chi connectivity index (χ0) is 14.6. The topological polar surface area (TPSA) is 89.9 Å². The van der Waals surface area contributed by atoms with Crippen LogP contribution in [0.2, 0.25) is 0 Å². The summed E-state index contributed by atoms with van der Waals surface area (Å²) in [5.74, 6) is 0.0417. The molecule has 8 heteroatoms. The number of hydrogen-bond donors (Lipinski definition) is 1. The van der Waals surface area contributed by atoms with Gasteiger partial charge in [0.1, 0.15) is 5.65 Å². The van der Waals surface area contributed by atoms with Crippen LogP contribution in [0, 0.1) is 0 Å². The van der Waals surface area contributed by atoms with E-state index in [2.05, 4.69) is 4.98 Å². The van der Waals surface area contributed by atoms with Gasteiger partial charge in [-0.1, -0.05) is 6.07 Å². The number of sulfonamides is 1. The van der Waals surface area contributed by atoms with E-state index in [1.54, 1.807) is 24.4 Å². The van der Waals surface area contributed by atoms with Crippen molar-refractivity contribution in [1.82, 2.24) is 13.7 Å². The highest BCUT2D eigenvalue weighted by molar-refractivity contribution is 7.89. The van der Waals surface area contributed by atoms with Crippen LogP contribution in [0.3, 0.4) is 0 Å². The van der Waals surface area contributed by atoms with Gasteiger partial charge in [-0.25, -0.2) is 13.4 Å². The van der Waals surface area contributed by atoms with Crippen molar-refractivity contribution < 1.29 is 13.2 Å². The van der Waals surface area contributed by atoms with Crippen molar-refractivity contribution in [3.05, 3.63) is 24.4 Å². The largest absolute Gasteiger partial charge is 0.381 e. The number of ether oxygens (including phenoxy) is 1. The molecule has 2 aromatic rings. The third-order valence-corrected chi connectivity index (χ3v) is 5.98. The molecule has 4 rings (SSSR count). The Labute approximate surface area is 122 Å². The van der Waals surface area contributed by atoms with Crippen LogP contribution in [0.4, 0.5) is 5.82 Å². The first kappa shape index (κ1) is 13.1. The number of pyridine rings is 1. The van der Waals surface area contributed by atoms with Gasteiger partial charge in [0.25, 0.3) is 10.0 Å². The predicted molar refractivity (Wildman–Crippen MR) is 76.3 cm³/mol. The number of hydrogen-bond acceptors (Lipinski definition) is 5. The fraction of sp³-hybridized carbons (Fsp3) is 0.462. The summed E-state index contributed by atoms with van der Waals surface area (Å²) in [4.78, 5) is 4.13. The second kappa shape index (κ2) is 4.43. The van der Waals surface area contributed by atoms with Gasteiger partial charge in [-0.2, -0.15) is 4.31 Å². The molecule has 0 spiro atoms. The van der Waals surface area contributed by atoms with E-state index >= 15 is 0 Å². The summed E-state index contributed by atoms with van der Waals surface area (Å²) >= 11 is 0. The molecule has 2 bridgehead atoms. The van der Waals surface area contributed by atoms with Crippen LogP contribution >= 0.6 is 0 Å². The second-order valence-corrected chi connectivity index (χ2v) is 7.36. The van der Waals surface area contributed by atoms with E-state index in [4.69, 9.17) is 10.5 Å². The molecule has 4 heterocycles. The van der Waals surface area contributed by atoms with Gasteiger partial charge in [0.05, 0.1) is 12.2 Å². The van der Waals surface area contributed by atoms with Crippen LogP contribution in [-0.4, -0.2) is 47.4 Å². The summed E-state index contributed by atoms with van der Waals surface area (Å²) in [5, 5.41) is 0.0550. The maximum absolute atomic E-state index is 12.9. The Bertz CT molecular complexity index is 789. The molecule has 2 aliphatic rings. The first-order valence-electron chi connectivity index (χ1n) is 6.94. The normalized spacial score (nSPS) is 26.5. The number of nitrogen functional groups attached to an aromatic ring is 1. The van der Waals surface area contributed by atoms with E-state index in [0.29, 0.717) is 18.7 Å². The van der Waals surface area contributed by atoms with Crippen LogP contribution in [-0.2, 0) is 14.8 Å². The van der Waals surface area contributed by atoms with Gasteiger partial charge >= 0.3 is 0 Å². The highest BCUT2D eigenvalue weighted by atomic mass is 32.2. The third kappa shape index (κ3) is 1.94. The van der Waals surface area contributed by atoms with E-state index in [1.165, 1.54) is 8.71 Å². The molecular formula is C13H16N4O3S. The Morgan fingerprint density at radius 2 is 1.95 bits per heavy atom. The lowest BCUT2D eigenvalue weighted by Crippen LogP contribution is -2.46. The van der Waals surface area contributed by atoms with Crippen LogP contribution < -0.4 is 5.73 Å². The minimum atomic E-state index is -3.67. The van der Waals surface area contributed by atoms with Crippen molar-refractivity contribution in [3.63, 3.8) is 0 Å². The summed E-state index contributed by atoms with van der Waals surface area (Å²) in [7, 11) is -3.67. The molecule has 0 aliphatic carbocycles. The SMILES string of the molecule is Nc1nc2ccccn2c1S(=O)(=O)N1CC2CCC(C1)O2. The van der Waals surface area contributed by atoms with Crippen molar-refractivity contribution in [2.75, 3.05) is 18.8 Å². The molecule has 2 N–H and O–H groups in total. The third-order valence-electron chi connectivity index (χ3n) is 4.11. The van der Waals surface area contributed by atoms with E-state index < -0.39 is 10.0 Å². The standard InChI is InChI=1S/C13H16N4O3S/c14-12-13(17-6-2-1-3-11(17)15-12)21(18,19)16-7-9-4-5-10(8-16)20-9/h1-3,6,9-10H,4-5,7-8,14H2. The monoisotopic (exact) mass is 308 g/mol. The fourth-order valence-corrected chi connectivity index (χ4v) is 4.83. The highest BCUT2D eigenvalue weighted by Crippen LogP contribution is 2.31. The van der Waals surface area contributed by atoms with E-state index in [1.807, 2.05) is 0 Å². The van der Waals surface area contributed by atoms with Crippen LogP contribution in [0.5, 0.6) is 0 Å². The number of anilines is 1. The van der Waals surface area contributed by atoms with Crippen molar-refractivity contribution in [3.8, 4) is 0 Å². The van der Waals surface area contributed by atoms with Gasteiger partial charge in [-0.05, 0) is 25.0 Å². The Hall–Kier alpha value is -1.64. The van der Waals surface area contributed by atoms with E-state index in [-0.39, 0.29) is 23.1 Å². The highest BCUT2D eigenvalue weighted by Gasteiger charge is 2.41. The summed E-state index contributed by atoms with van der Waals surface area (Å²) < 4.78 is 34.6. The molecule has 2 aliphatic heterocycles. The number of imidazole rings is 1. The molecule has 2 unspecified atom stereocenters. The van der Waals surface area contributed by atoms with Crippen molar-refractivity contribution in [2.45, 2.75) is 30.1 Å². The lowest BCUT2D eigenvalue weighted by atomic mass is 10.2. The molecule has 2 saturated heterocycles. The van der Waals surface area contributed by atoms with Crippen LogP contribution in [0.25, 0.3) is 5.65 Å². The fourth-order valence-electron chi connectivity index (χ4n) is 3.14. The van der Waals surface area contributed by atoms with Gasteiger partial charge in [-0.15, -0.1) is 0 Å². The first-order valence-corrected chi connectivity index (χ1v) is 8.38. The van der Waals surface area contributed by atoms with Crippen molar-refractivity contribution >= 4 is 21.5 Å². The quantitative estimate of drug-likeness (QED) is 0.871. The Balaban J connectivity index is 1.81. The van der Waals surface area contributed by atoms with Gasteiger partial charge in [0, 0.05) is 19.3 Å². The number of morpholine rings is 1. The van der Waals surface area contributed by atoms with E-state index in [0.717, 1.165) is 12.8 Å². The Morgan fingerprint density at radius 1 is 1.24 bits per heavy atom. The summed E-state index contributed by atoms with van der Waals surface area (Å²) in [6, 6.07) is 5.29. The summed E-state index contributed by atoms with van der Waals surface area (Å²) in [5.41, 5.74) is 6.39. The van der Waals surface area contributed by atoms with Crippen molar-refractivity contribution in [1.29, 1.82) is 0 Å². The van der Waals surface area contributed by atoms with Crippen molar-refractivity contribution in [2.24, 2.45) is 0 Å². The summed E-state index contributed by atoms with van der Waals surface area (Å²) in [6.45, 7) is 0.774. The number of nitrogens with two attached hydrogens (primary N) is 1. The molecule has 21 heavy (non-hydrogen) atoms. The average Bonchev–Trinajstić information content (AvgIpc) is 2.97.